The van der Waals surface area contributed by atoms with Crippen LogP contribution in [0.15, 0.2) is 0 Å². The molecular weight excluding hydrogens is 96.1 g/mol. The zero-order valence-electron chi connectivity index (χ0n) is 3.44. The summed E-state index contributed by atoms with van der Waals surface area (Å²) in [6.07, 6.45) is 1.18. The molecule has 2 radical (unpaired) electrons. The summed E-state index contributed by atoms with van der Waals surface area (Å²) in [4.78, 5) is 0. The van der Waals surface area contributed by atoms with Crippen LogP contribution in [0.1, 0.15) is 6.42 Å². The number of thioether (sulfide) groups is 1. The maximum Gasteiger partial charge on any atom is 0.198 e. The fourth-order valence-corrected chi connectivity index (χ4v) is 0.840. The molecule has 0 aromatic heterocycles. The van der Waals surface area contributed by atoms with Crippen molar-refractivity contribution in [1.29, 1.82) is 0 Å². The van der Waals surface area contributed by atoms with E-state index in [1.54, 1.807) is 11.8 Å². The molecule has 6 heavy (non-hydrogen) atoms. The average molecular weight is 102 g/mol. The number of ether oxygens (including phenoxy) is 1. The molecule has 1 aliphatic rings. The summed E-state index contributed by atoms with van der Waals surface area (Å²) in [5.74, 6) is 3.88. The van der Waals surface area contributed by atoms with Gasteiger partial charge in [-0.2, -0.15) is 0 Å². The van der Waals surface area contributed by atoms with Gasteiger partial charge in [0.25, 0.3) is 0 Å². The highest BCUT2D eigenvalue weighted by Crippen LogP contribution is 2.12. The summed E-state index contributed by atoms with van der Waals surface area (Å²) in [6, 6.07) is 0. The van der Waals surface area contributed by atoms with Crippen molar-refractivity contribution in [2.24, 2.45) is 0 Å². The van der Waals surface area contributed by atoms with E-state index in [9.17, 15) is 0 Å². The summed E-state index contributed by atoms with van der Waals surface area (Å²) >= 11 is 1.62. The molecule has 1 nitrogen and oxygen atoms in total. The fraction of sp³-hybridized carbons (Fsp3) is 0.750. The van der Waals surface area contributed by atoms with Crippen LogP contribution in [0.5, 0.6) is 0 Å². The average Bonchev–Trinajstić information content (AvgIpc) is 1.72. The molecule has 0 saturated carbocycles. The zero-order valence-corrected chi connectivity index (χ0v) is 4.25. The standard InChI is InChI=1S/C4H6OS/c1-2-5-4-6-3-1/h1-3H2. The minimum Gasteiger partial charge on any atom is -0.356 e. The lowest BCUT2D eigenvalue weighted by Crippen LogP contribution is -1.97. The Bertz CT molecular complexity index is 23.0. The van der Waals surface area contributed by atoms with Crippen LogP contribution in [-0.4, -0.2) is 12.4 Å². The first kappa shape index (κ1) is 4.47. The minimum atomic E-state index is 0.868. The lowest BCUT2D eigenvalue weighted by Gasteiger charge is -2.05. The van der Waals surface area contributed by atoms with E-state index in [1.165, 1.54) is 12.2 Å². The predicted molar refractivity (Wildman–Crippen MR) is 26.3 cm³/mol. The quantitative estimate of drug-likeness (QED) is 0.453. The van der Waals surface area contributed by atoms with Crippen molar-refractivity contribution in [3.8, 4) is 0 Å². The van der Waals surface area contributed by atoms with Crippen LogP contribution in [0.2, 0.25) is 0 Å². The third-order valence-corrected chi connectivity index (χ3v) is 1.34. The van der Waals surface area contributed by atoms with E-state index >= 15 is 0 Å². The molecule has 0 unspecified atom stereocenters. The van der Waals surface area contributed by atoms with Crippen LogP contribution < -0.4 is 0 Å². The highest BCUT2D eigenvalue weighted by Gasteiger charge is 1.97. The second-order valence-electron chi connectivity index (χ2n) is 1.13. The summed E-state index contributed by atoms with van der Waals surface area (Å²) in [7, 11) is 0. The smallest absolute Gasteiger partial charge is 0.198 e. The topological polar surface area (TPSA) is 9.23 Å². The summed E-state index contributed by atoms with van der Waals surface area (Å²) in [5.41, 5.74) is 0. The molecule has 0 N–H and O–H groups in total. The lowest BCUT2D eigenvalue weighted by atomic mass is 10.5. The second-order valence-corrected chi connectivity index (χ2v) is 2.00. The van der Waals surface area contributed by atoms with Crippen molar-refractivity contribution in [3.05, 3.63) is 5.94 Å². The molecule has 0 atom stereocenters. The van der Waals surface area contributed by atoms with E-state index < -0.39 is 0 Å². The Morgan fingerprint density at radius 2 is 2.67 bits per heavy atom. The van der Waals surface area contributed by atoms with Crippen molar-refractivity contribution >= 4 is 11.8 Å². The maximum absolute atomic E-state index is 4.78. The van der Waals surface area contributed by atoms with Gasteiger partial charge in [-0.3, -0.25) is 0 Å². The first-order chi connectivity index (χ1) is 3.00. The summed E-state index contributed by atoms with van der Waals surface area (Å²) in [6.45, 7) is 0.868. The fourth-order valence-electron chi connectivity index (χ4n) is 0.328. The largest absolute Gasteiger partial charge is 0.356 e. The SMILES string of the molecule is [C]1OCCCS1. The molecule has 0 aromatic rings. The minimum absolute atomic E-state index is 0.868. The van der Waals surface area contributed by atoms with E-state index in [1.807, 2.05) is 0 Å². The molecule has 0 aromatic carbocycles. The van der Waals surface area contributed by atoms with E-state index in [2.05, 4.69) is 5.94 Å². The van der Waals surface area contributed by atoms with Crippen molar-refractivity contribution in [2.45, 2.75) is 6.42 Å². The highest BCUT2D eigenvalue weighted by molar-refractivity contribution is 8.01. The number of hydrogen-bond acceptors (Lipinski definition) is 2. The van der Waals surface area contributed by atoms with Crippen molar-refractivity contribution < 1.29 is 4.74 Å². The zero-order chi connectivity index (χ0) is 4.24. The van der Waals surface area contributed by atoms with Crippen LogP contribution in [0, 0.1) is 5.94 Å². The lowest BCUT2D eigenvalue weighted by molar-refractivity contribution is 0.225. The van der Waals surface area contributed by atoms with Gasteiger partial charge in [0.2, 0.25) is 0 Å². The van der Waals surface area contributed by atoms with Crippen molar-refractivity contribution in [2.75, 3.05) is 12.4 Å². The molecule has 2 heteroatoms. The van der Waals surface area contributed by atoms with E-state index in [0.717, 1.165) is 6.61 Å². The van der Waals surface area contributed by atoms with Crippen molar-refractivity contribution in [3.63, 3.8) is 0 Å². The molecule has 1 heterocycles. The molecule has 1 fully saturated rings. The van der Waals surface area contributed by atoms with Gasteiger partial charge in [-0.25, -0.2) is 0 Å². The van der Waals surface area contributed by atoms with Crippen LogP contribution >= 0.6 is 11.8 Å². The second kappa shape index (κ2) is 2.48. The van der Waals surface area contributed by atoms with E-state index in [0.29, 0.717) is 0 Å². The Balaban J connectivity index is 2.00. The Hall–Kier alpha value is 0.310. The van der Waals surface area contributed by atoms with Gasteiger partial charge in [-0.15, -0.1) is 11.8 Å². The Morgan fingerprint density at radius 3 is 2.83 bits per heavy atom. The van der Waals surface area contributed by atoms with Gasteiger partial charge in [0, 0.05) is 6.61 Å². The Labute approximate surface area is 42.1 Å². The molecule has 34 valence electrons. The molecule has 0 amide bonds. The third kappa shape index (κ3) is 1.19. The van der Waals surface area contributed by atoms with Gasteiger partial charge < -0.3 is 4.74 Å². The Morgan fingerprint density at radius 1 is 1.67 bits per heavy atom. The summed E-state index contributed by atoms with van der Waals surface area (Å²) in [5, 5.41) is 0. The monoisotopic (exact) mass is 102 g/mol. The van der Waals surface area contributed by atoms with Gasteiger partial charge in [-0.1, -0.05) is 0 Å². The van der Waals surface area contributed by atoms with Gasteiger partial charge in [0.05, 0.1) is 0 Å². The number of hydrogen-bond donors (Lipinski definition) is 0. The van der Waals surface area contributed by atoms with E-state index in [4.69, 9.17) is 4.74 Å². The molecule has 0 bridgehead atoms. The van der Waals surface area contributed by atoms with Gasteiger partial charge in [0.15, 0.2) is 5.94 Å². The van der Waals surface area contributed by atoms with Gasteiger partial charge >= 0.3 is 0 Å². The third-order valence-electron chi connectivity index (χ3n) is 0.611. The molecule has 1 rings (SSSR count). The first-order valence-corrected chi connectivity index (χ1v) is 2.97. The predicted octanol–water partition coefficient (Wildman–Crippen LogP) is 1.14. The Kier molecular flexibility index (Phi) is 1.85. The normalized spacial score (nSPS) is 24.0. The highest BCUT2D eigenvalue weighted by atomic mass is 32.2. The maximum atomic E-state index is 4.78. The van der Waals surface area contributed by atoms with E-state index in [-0.39, 0.29) is 0 Å². The molecule has 0 spiro atoms. The van der Waals surface area contributed by atoms with Gasteiger partial charge in [0.1, 0.15) is 0 Å². The molecule has 1 saturated heterocycles. The molecular formula is C4H6OS. The van der Waals surface area contributed by atoms with Crippen LogP contribution in [-0.2, 0) is 4.74 Å². The first-order valence-electron chi connectivity index (χ1n) is 1.99. The number of rotatable bonds is 0. The van der Waals surface area contributed by atoms with Crippen LogP contribution in [0.4, 0.5) is 0 Å². The molecule has 1 aliphatic heterocycles. The van der Waals surface area contributed by atoms with Crippen LogP contribution in [0.3, 0.4) is 0 Å². The van der Waals surface area contributed by atoms with Crippen LogP contribution in [0.25, 0.3) is 0 Å². The summed E-state index contributed by atoms with van der Waals surface area (Å²) < 4.78 is 4.78. The van der Waals surface area contributed by atoms with Crippen molar-refractivity contribution in [1.82, 2.24) is 0 Å². The van der Waals surface area contributed by atoms with Gasteiger partial charge in [-0.05, 0) is 12.2 Å². The molecule has 0 aliphatic carbocycles.